The summed E-state index contributed by atoms with van der Waals surface area (Å²) in [5.74, 6) is 0. The average molecular weight is 313 g/mol. The fourth-order valence-electron chi connectivity index (χ4n) is 3.63. The second kappa shape index (κ2) is 7.06. The summed E-state index contributed by atoms with van der Waals surface area (Å²) in [4.78, 5) is 2.59. The molecule has 23 heavy (non-hydrogen) atoms. The smallest absolute Gasteiger partial charge is 0.0488 e. The van der Waals surface area contributed by atoms with Crippen molar-refractivity contribution < 1.29 is 0 Å². The lowest BCUT2D eigenvalue weighted by atomic mass is 10.0. The highest BCUT2D eigenvalue weighted by atomic mass is 15.2. The summed E-state index contributed by atoms with van der Waals surface area (Å²) in [6, 6.07) is 5.27. The van der Waals surface area contributed by atoms with Gasteiger partial charge in [0.15, 0.2) is 0 Å². The third kappa shape index (κ3) is 3.61. The van der Waals surface area contributed by atoms with Crippen LogP contribution in [0.15, 0.2) is 18.3 Å². The minimum Gasteiger partial charge on any atom is -0.345 e. The standard InChI is InChI=1S/C20H31N3/c1-15(2)23-14-18(6-5-9-22-10-7-21-8-11-22)19-12-16(3)17(4)13-20(19)23/h12-15,21H,5-11H2,1-4H3. The van der Waals surface area contributed by atoms with Crippen molar-refractivity contribution in [1.29, 1.82) is 0 Å². The van der Waals surface area contributed by atoms with Crippen molar-refractivity contribution in [2.75, 3.05) is 32.7 Å². The number of fused-ring (bicyclic) bond motifs is 1. The van der Waals surface area contributed by atoms with Crippen LogP contribution in [0.2, 0.25) is 0 Å². The van der Waals surface area contributed by atoms with Gasteiger partial charge in [0.25, 0.3) is 0 Å². The van der Waals surface area contributed by atoms with E-state index >= 15 is 0 Å². The normalized spacial score (nSPS) is 16.6. The number of nitrogens with one attached hydrogen (secondary N) is 1. The van der Waals surface area contributed by atoms with E-state index in [1.54, 1.807) is 0 Å². The summed E-state index contributed by atoms with van der Waals surface area (Å²) in [6.45, 7) is 14.9. The third-order valence-corrected chi connectivity index (χ3v) is 5.22. The molecule has 1 aromatic carbocycles. The molecule has 3 nitrogen and oxygen atoms in total. The lowest BCUT2D eigenvalue weighted by Gasteiger charge is -2.27. The van der Waals surface area contributed by atoms with E-state index in [1.165, 1.54) is 60.1 Å². The van der Waals surface area contributed by atoms with Crippen LogP contribution in [0.25, 0.3) is 10.9 Å². The van der Waals surface area contributed by atoms with Crippen molar-refractivity contribution in [3.05, 3.63) is 35.0 Å². The molecule has 1 aliphatic rings. The Balaban J connectivity index is 1.78. The van der Waals surface area contributed by atoms with Gasteiger partial charge in [-0.1, -0.05) is 0 Å². The van der Waals surface area contributed by atoms with Crippen LogP contribution in [0.3, 0.4) is 0 Å². The van der Waals surface area contributed by atoms with E-state index in [0.717, 1.165) is 13.1 Å². The molecule has 126 valence electrons. The molecule has 2 heterocycles. The van der Waals surface area contributed by atoms with E-state index in [-0.39, 0.29) is 0 Å². The van der Waals surface area contributed by atoms with Crippen LogP contribution >= 0.6 is 0 Å². The highest BCUT2D eigenvalue weighted by molar-refractivity contribution is 5.85. The first-order valence-electron chi connectivity index (χ1n) is 9.10. The quantitative estimate of drug-likeness (QED) is 0.909. The Labute approximate surface area is 140 Å². The maximum absolute atomic E-state index is 3.43. The van der Waals surface area contributed by atoms with Crippen LogP contribution in [0.1, 0.15) is 43.0 Å². The van der Waals surface area contributed by atoms with Gasteiger partial charge in [-0.25, -0.2) is 0 Å². The van der Waals surface area contributed by atoms with E-state index in [1.807, 2.05) is 0 Å². The summed E-state index contributed by atoms with van der Waals surface area (Å²) in [5, 5.41) is 4.89. The van der Waals surface area contributed by atoms with Gasteiger partial charge in [0.05, 0.1) is 0 Å². The topological polar surface area (TPSA) is 20.2 Å². The molecule has 1 aromatic heterocycles. The number of hydrogen-bond acceptors (Lipinski definition) is 2. The summed E-state index contributed by atoms with van der Waals surface area (Å²) in [6.07, 6.45) is 4.83. The summed E-state index contributed by atoms with van der Waals surface area (Å²) in [5.41, 5.74) is 5.72. The molecule has 0 atom stereocenters. The molecule has 3 rings (SSSR count). The molecule has 0 amide bonds. The van der Waals surface area contributed by atoms with Crippen molar-refractivity contribution in [3.8, 4) is 0 Å². The molecule has 1 N–H and O–H groups in total. The van der Waals surface area contributed by atoms with Crippen molar-refractivity contribution in [2.45, 2.75) is 46.6 Å². The molecule has 3 heteroatoms. The minimum absolute atomic E-state index is 0.515. The Bertz CT molecular complexity index is 663. The first kappa shape index (κ1) is 16.5. The van der Waals surface area contributed by atoms with E-state index in [0.29, 0.717) is 6.04 Å². The van der Waals surface area contributed by atoms with Gasteiger partial charge in [-0.2, -0.15) is 0 Å². The fourth-order valence-corrected chi connectivity index (χ4v) is 3.63. The zero-order valence-corrected chi connectivity index (χ0v) is 15.2. The Morgan fingerprint density at radius 2 is 1.78 bits per heavy atom. The molecular weight excluding hydrogens is 282 g/mol. The Kier molecular flexibility index (Phi) is 5.08. The second-order valence-corrected chi connectivity index (χ2v) is 7.30. The second-order valence-electron chi connectivity index (χ2n) is 7.30. The van der Waals surface area contributed by atoms with Crippen molar-refractivity contribution in [3.63, 3.8) is 0 Å². The Hall–Kier alpha value is -1.32. The summed E-state index contributed by atoms with van der Waals surface area (Å²) in [7, 11) is 0. The number of nitrogens with zero attached hydrogens (tertiary/aromatic N) is 2. The highest BCUT2D eigenvalue weighted by Gasteiger charge is 2.13. The maximum atomic E-state index is 3.43. The SMILES string of the molecule is Cc1cc2c(CCCN3CCNCC3)cn(C(C)C)c2cc1C. The molecule has 0 radical (unpaired) electrons. The van der Waals surface area contributed by atoms with Gasteiger partial charge in [-0.15, -0.1) is 0 Å². The Morgan fingerprint density at radius 1 is 1.09 bits per heavy atom. The lowest BCUT2D eigenvalue weighted by Crippen LogP contribution is -2.43. The van der Waals surface area contributed by atoms with E-state index in [2.05, 4.69) is 60.8 Å². The zero-order valence-electron chi connectivity index (χ0n) is 15.2. The average Bonchev–Trinajstić information content (AvgIpc) is 2.87. The fraction of sp³-hybridized carbons (Fsp3) is 0.600. The number of hydrogen-bond donors (Lipinski definition) is 1. The summed E-state index contributed by atoms with van der Waals surface area (Å²) >= 11 is 0. The predicted molar refractivity (Wildman–Crippen MR) is 99.4 cm³/mol. The molecule has 1 aliphatic heterocycles. The predicted octanol–water partition coefficient (Wildman–Crippen LogP) is 3.68. The maximum Gasteiger partial charge on any atom is 0.0488 e. The van der Waals surface area contributed by atoms with E-state index < -0.39 is 0 Å². The third-order valence-electron chi connectivity index (χ3n) is 5.22. The first-order valence-corrected chi connectivity index (χ1v) is 9.10. The summed E-state index contributed by atoms with van der Waals surface area (Å²) < 4.78 is 2.45. The number of benzene rings is 1. The highest BCUT2D eigenvalue weighted by Crippen LogP contribution is 2.28. The van der Waals surface area contributed by atoms with Gasteiger partial charge >= 0.3 is 0 Å². The molecule has 1 fully saturated rings. The number of rotatable bonds is 5. The first-order chi connectivity index (χ1) is 11.1. The van der Waals surface area contributed by atoms with Gasteiger partial charge in [0, 0.05) is 49.3 Å². The number of aryl methyl sites for hydroxylation is 3. The molecule has 0 saturated carbocycles. The van der Waals surface area contributed by atoms with Gasteiger partial charge in [-0.3, -0.25) is 0 Å². The number of piperazine rings is 1. The van der Waals surface area contributed by atoms with Crippen molar-refractivity contribution in [2.24, 2.45) is 0 Å². The van der Waals surface area contributed by atoms with Crippen molar-refractivity contribution in [1.82, 2.24) is 14.8 Å². The van der Waals surface area contributed by atoms with Crippen LogP contribution in [0, 0.1) is 13.8 Å². The lowest BCUT2D eigenvalue weighted by molar-refractivity contribution is 0.238. The van der Waals surface area contributed by atoms with Gasteiger partial charge in [-0.05, 0) is 75.9 Å². The minimum atomic E-state index is 0.515. The van der Waals surface area contributed by atoms with Gasteiger partial charge in [0.2, 0.25) is 0 Å². The Morgan fingerprint density at radius 3 is 2.48 bits per heavy atom. The van der Waals surface area contributed by atoms with E-state index in [4.69, 9.17) is 0 Å². The van der Waals surface area contributed by atoms with Crippen LogP contribution < -0.4 is 5.32 Å². The molecule has 0 unspecified atom stereocenters. The molecule has 1 saturated heterocycles. The van der Waals surface area contributed by atoms with Crippen molar-refractivity contribution >= 4 is 10.9 Å². The monoisotopic (exact) mass is 313 g/mol. The molecule has 0 spiro atoms. The van der Waals surface area contributed by atoms with Crippen LogP contribution in [0.4, 0.5) is 0 Å². The number of aromatic nitrogens is 1. The van der Waals surface area contributed by atoms with Crippen LogP contribution in [0.5, 0.6) is 0 Å². The molecular formula is C20H31N3. The van der Waals surface area contributed by atoms with Crippen LogP contribution in [-0.4, -0.2) is 42.2 Å². The van der Waals surface area contributed by atoms with Gasteiger partial charge < -0.3 is 14.8 Å². The van der Waals surface area contributed by atoms with Gasteiger partial charge in [0.1, 0.15) is 0 Å². The molecule has 2 aromatic rings. The molecule has 0 aliphatic carbocycles. The molecule has 0 bridgehead atoms. The largest absolute Gasteiger partial charge is 0.345 e. The zero-order chi connectivity index (χ0) is 16.4. The van der Waals surface area contributed by atoms with E-state index in [9.17, 15) is 0 Å². The van der Waals surface area contributed by atoms with Crippen LogP contribution in [-0.2, 0) is 6.42 Å².